The van der Waals surface area contributed by atoms with E-state index in [1.165, 1.54) is 25.7 Å². The molecule has 0 spiro atoms. The molecule has 0 aromatic heterocycles. The summed E-state index contributed by atoms with van der Waals surface area (Å²) < 4.78 is 5.35. The molecule has 2 aliphatic carbocycles. The van der Waals surface area contributed by atoms with Crippen LogP contribution < -0.4 is 0 Å². The minimum absolute atomic E-state index is 0.329. The fourth-order valence-corrected chi connectivity index (χ4v) is 2.75. The van der Waals surface area contributed by atoms with Gasteiger partial charge in [0.2, 0.25) is 0 Å². The second-order valence-electron chi connectivity index (χ2n) is 7.00. The quantitative estimate of drug-likeness (QED) is 0.547. The highest BCUT2D eigenvalue weighted by molar-refractivity contribution is 5.10. The van der Waals surface area contributed by atoms with Gasteiger partial charge in [-0.3, -0.25) is 0 Å². The highest BCUT2D eigenvalue weighted by atomic mass is 16.6. The lowest BCUT2D eigenvalue weighted by molar-refractivity contribution is 0.210. The van der Waals surface area contributed by atoms with E-state index in [1.807, 2.05) is 6.20 Å². The number of nitrogens with zero attached hydrogens (tertiary/aromatic N) is 3. The molecular weight excluding hydrogens is 274 g/mol. The standard InChI is InChI=1S/C18H29N3O/c1-5-20(12-18-13-22-18)15(3)21(11-17-8-9-17)14(2)19(4)10-16-6-7-16/h5,16-18H,1-3,6-13H2,4H3. The van der Waals surface area contributed by atoms with Crippen LogP contribution in [-0.2, 0) is 4.74 Å². The van der Waals surface area contributed by atoms with Crippen molar-refractivity contribution in [3.8, 4) is 0 Å². The van der Waals surface area contributed by atoms with Crippen molar-refractivity contribution in [3.63, 3.8) is 0 Å². The fourth-order valence-electron chi connectivity index (χ4n) is 2.75. The van der Waals surface area contributed by atoms with Crippen molar-refractivity contribution in [1.29, 1.82) is 0 Å². The van der Waals surface area contributed by atoms with E-state index >= 15 is 0 Å². The van der Waals surface area contributed by atoms with E-state index in [1.54, 1.807) is 0 Å². The molecule has 22 heavy (non-hydrogen) atoms. The first kappa shape index (κ1) is 15.5. The van der Waals surface area contributed by atoms with Crippen molar-refractivity contribution in [1.82, 2.24) is 14.7 Å². The molecule has 3 rings (SSSR count). The van der Waals surface area contributed by atoms with Crippen molar-refractivity contribution in [2.24, 2.45) is 11.8 Å². The van der Waals surface area contributed by atoms with Crippen molar-refractivity contribution in [2.45, 2.75) is 31.8 Å². The van der Waals surface area contributed by atoms with Crippen LogP contribution in [0.15, 0.2) is 37.6 Å². The van der Waals surface area contributed by atoms with Crippen LogP contribution in [0.2, 0.25) is 0 Å². The van der Waals surface area contributed by atoms with Crippen LogP contribution in [-0.4, -0.2) is 54.1 Å². The molecule has 0 radical (unpaired) electrons. The van der Waals surface area contributed by atoms with Crippen LogP contribution in [0.3, 0.4) is 0 Å². The van der Waals surface area contributed by atoms with Gasteiger partial charge in [-0.25, -0.2) is 0 Å². The SMILES string of the molecule is C=CN(CC1CO1)C(=C)N(CC1CC1)C(=C)N(C)CC1CC1. The third-order valence-corrected chi connectivity index (χ3v) is 4.79. The van der Waals surface area contributed by atoms with Gasteiger partial charge >= 0.3 is 0 Å². The van der Waals surface area contributed by atoms with Gasteiger partial charge in [0.05, 0.1) is 19.3 Å². The summed E-state index contributed by atoms with van der Waals surface area (Å²) in [6, 6.07) is 0. The predicted octanol–water partition coefficient (Wildman–Crippen LogP) is 2.83. The molecule has 0 bridgehead atoms. The van der Waals surface area contributed by atoms with E-state index in [0.717, 1.165) is 49.7 Å². The first-order valence-corrected chi connectivity index (χ1v) is 8.45. The molecule has 1 atom stereocenters. The van der Waals surface area contributed by atoms with E-state index < -0.39 is 0 Å². The second-order valence-corrected chi connectivity index (χ2v) is 7.00. The zero-order valence-corrected chi connectivity index (χ0v) is 13.8. The molecule has 0 aromatic carbocycles. The molecule has 3 aliphatic rings. The first-order chi connectivity index (χ1) is 10.6. The van der Waals surface area contributed by atoms with Crippen molar-refractivity contribution in [3.05, 3.63) is 37.6 Å². The summed E-state index contributed by atoms with van der Waals surface area (Å²) in [6.45, 7) is 16.4. The van der Waals surface area contributed by atoms with Crippen molar-refractivity contribution >= 4 is 0 Å². The molecule has 1 aliphatic heterocycles. The highest BCUT2D eigenvalue weighted by Crippen LogP contribution is 2.34. The van der Waals surface area contributed by atoms with Gasteiger partial charge < -0.3 is 19.4 Å². The summed E-state index contributed by atoms with van der Waals surface area (Å²) in [6.07, 6.45) is 7.55. The van der Waals surface area contributed by atoms with Gasteiger partial charge in [-0.05, 0) is 43.7 Å². The van der Waals surface area contributed by atoms with Gasteiger partial charge in [0.25, 0.3) is 0 Å². The third kappa shape index (κ3) is 4.07. The number of rotatable bonds is 11. The lowest BCUT2D eigenvalue weighted by Crippen LogP contribution is -2.39. The Kier molecular flexibility index (Phi) is 4.48. The van der Waals surface area contributed by atoms with Gasteiger partial charge in [-0.15, -0.1) is 0 Å². The minimum atomic E-state index is 0.329. The lowest BCUT2D eigenvalue weighted by Gasteiger charge is -2.38. The Morgan fingerprint density at radius 1 is 1.05 bits per heavy atom. The average Bonchev–Trinajstić information content (AvgIpc) is 3.36. The van der Waals surface area contributed by atoms with Gasteiger partial charge in [0.15, 0.2) is 0 Å². The summed E-state index contributed by atoms with van der Waals surface area (Å²) in [5, 5.41) is 0. The van der Waals surface area contributed by atoms with Gasteiger partial charge in [0.1, 0.15) is 11.6 Å². The summed E-state index contributed by atoms with van der Waals surface area (Å²) in [7, 11) is 2.15. The first-order valence-electron chi connectivity index (χ1n) is 8.45. The van der Waals surface area contributed by atoms with E-state index in [4.69, 9.17) is 4.74 Å². The van der Waals surface area contributed by atoms with E-state index in [0.29, 0.717) is 6.10 Å². The van der Waals surface area contributed by atoms with Gasteiger partial charge in [-0.1, -0.05) is 19.7 Å². The monoisotopic (exact) mass is 303 g/mol. The predicted molar refractivity (Wildman–Crippen MR) is 89.7 cm³/mol. The molecule has 0 amide bonds. The normalized spacial score (nSPS) is 22.9. The molecule has 4 nitrogen and oxygen atoms in total. The van der Waals surface area contributed by atoms with Crippen LogP contribution in [0.1, 0.15) is 25.7 Å². The van der Waals surface area contributed by atoms with E-state index in [9.17, 15) is 0 Å². The Morgan fingerprint density at radius 2 is 1.64 bits per heavy atom. The van der Waals surface area contributed by atoms with E-state index in [2.05, 4.69) is 41.5 Å². The molecular formula is C18H29N3O. The number of epoxide rings is 1. The maximum Gasteiger partial charge on any atom is 0.106 e. The maximum absolute atomic E-state index is 5.35. The van der Waals surface area contributed by atoms with Crippen molar-refractivity contribution in [2.75, 3.05) is 33.3 Å². The Hall–Kier alpha value is -1.42. The topological polar surface area (TPSA) is 22.2 Å². The largest absolute Gasteiger partial charge is 0.371 e. The summed E-state index contributed by atoms with van der Waals surface area (Å²) in [4.78, 5) is 6.68. The molecule has 1 heterocycles. The Balaban J connectivity index is 1.64. The Labute approximate surface area is 134 Å². The molecule has 0 N–H and O–H groups in total. The van der Waals surface area contributed by atoms with Crippen LogP contribution in [0.5, 0.6) is 0 Å². The number of hydrogen-bond donors (Lipinski definition) is 0. The van der Waals surface area contributed by atoms with Crippen LogP contribution in [0, 0.1) is 11.8 Å². The summed E-state index contributed by atoms with van der Waals surface area (Å²) >= 11 is 0. The van der Waals surface area contributed by atoms with Crippen LogP contribution in [0.25, 0.3) is 0 Å². The highest BCUT2D eigenvalue weighted by Gasteiger charge is 2.32. The molecule has 1 unspecified atom stereocenters. The summed E-state index contributed by atoms with van der Waals surface area (Å²) in [5.41, 5.74) is 0. The van der Waals surface area contributed by atoms with Crippen LogP contribution in [0.4, 0.5) is 0 Å². The Bertz CT molecular complexity index is 449. The van der Waals surface area contributed by atoms with E-state index in [-0.39, 0.29) is 0 Å². The number of hydrogen-bond acceptors (Lipinski definition) is 4. The third-order valence-electron chi connectivity index (χ3n) is 4.79. The molecule has 3 fully saturated rings. The maximum atomic E-state index is 5.35. The van der Waals surface area contributed by atoms with Crippen LogP contribution >= 0.6 is 0 Å². The molecule has 0 aromatic rings. The molecule has 2 saturated carbocycles. The smallest absolute Gasteiger partial charge is 0.106 e. The Morgan fingerprint density at radius 3 is 2.14 bits per heavy atom. The van der Waals surface area contributed by atoms with Crippen molar-refractivity contribution < 1.29 is 4.74 Å². The molecule has 1 saturated heterocycles. The number of ether oxygens (including phenoxy) is 1. The summed E-state index contributed by atoms with van der Waals surface area (Å²) in [5.74, 6) is 3.68. The average molecular weight is 303 g/mol. The lowest BCUT2D eigenvalue weighted by atomic mass is 10.3. The zero-order valence-electron chi connectivity index (χ0n) is 13.8. The fraction of sp³-hybridized carbons (Fsp3) is 0.667. The molecule has 4 heteroatoms. The molecule has 122 valence electrons. The zero-order chi connectivity index (χ0) is 15.7. The second kappa shape index (κ2) is 6.37. The van der Waals surface area contributed by atoms with Gasteiger partial charge in [0, 0.05) is 20.1 Å². The minimum Gasteiger partial charge on any atom is -0.371 e. The van der Waals surface area contributed by atoms with Gasteiger partial charge in [-0.2, -0.15) is 0 Å².